The summed E-state index contributed by atoms with van der Waals surface area (Å²) in [6, 6.07) is 7.76. The topological polar surface area (TPSA) is 56.2 Å². The summed E-state index contributed by atoms with van der Waals surface area (Å²) in [4.78, 5) is 4.45. The molecule has 2 aromatic rings. The van der Waals surface area contributed by atoms with Gasteiger partial charge in [0.15, 0.2) is 5.82 Å². The van der Waals surface area contributed by atoms with Crippen LogP contribution >= 0.6 is 0 Å². The van der Waals surface area contributed by atoms with Gasteiger partial charge in [-0.15, -0.1) is 0 Å². The van der Waals surface area contributed by atoms with Gasteiger partial charge in [0.1, 0.15) is 6.04 Å². The average molecular weight is 186 g/mol. The molecule has 4 heteroatoms. The Morgan fingerprint density at radius 1 is 1.36 bits per heavy atom. The zero-order valence-electron chi connectivity index (χ0n) is 7.81. The van der Waals surface area contributed by atoms with Crippen LogP contribution in [0.3, 0.4) is 0 Å². The van der Waals surface area contributed by atoms with Gasteiger partial charge < -0.3 is 5.73 Å². The molecule has 0 saturated heterocycles. The van der Waals surface area contributed by atoms with E-state index in [2.05, 4.69) is 10.1 Å². The third-order valence-electron chi connectivity index (χ3n) is 2.55. The monoisotopic (exact) mass is 186 g/mol. The van der Waals surface area contributed by atoms with Crippen molar-refractivity contribution in [2.24, 2.45) is 10.8 Å². The number of hydrogen-bond donors (Lipinski definition) is 1. The SMILES string of the molecule is CC1=Nn2c(nc3ccccc32)C1N. The highest BCUT2D eigenvalue weighted by Crippen LogP contribution is 2.24. The molecule has 70 valence electrons. The molecule has 4 nitrogen and oxygen atoms in total. The Kier molecular flexibility index (Phi) is 1.33. The van der Waals surface area contributed by atoms with Crippen LogP contribution in [-0.2, 0) is 0 Å². The molecule has 0 bridgehead atoms. The quantitative estimate of drug-likeness (QED) is 0.673. The normalized spacial score (nSPS) is 19.9. The van der Waals surface area contributed by atoms with Crippen molar-refractivity contribution in [1.29, 1.82) is 0 Å². The fourth-order valence-electron chi connectivity index (χ4n) is 1.75. The van der Waals surface area contributed by atoms with Crippen molar-refractivity contribution >= 4 is 16.7 Å². The minimum absolute atomic E-state index is 0.151. The van der Waals surface area contributed by atoms with Gasteiger partial charge in [-0.1, -0.05) is 12.1 Å². The number of rotatable bonds is 0. The summed E-state index contributed by atoms with van der Waals surface area (Å²) < 4.78 is 1.83. The first-order chi connectivity index (χ1) is 6.77. The van der Waals surface area contributed by atoms with Crippen LogP contribution in [-0.4, -0.2) is 15.4 Å². The van der Waals surface area contributed by atoms with E-state index >= 15 is 0 Å². The Bertz CT molecular complexity index is 538. The first kappa shape index (κ1) is 7.70. The maximum absolute atomic E-state index is 5.94. The highest BCUT2D eigenvalue weighted by molar-refractivity contribution is 5.91. The van der Waals surface area contributed by atoms with Crippen molar-refractivity contribution in [2.45, 2.75) is 13.0 Å². The number of nitrogens with two attached hydrogens (primary N) is 1. The summed E-state index contributed by atoms with van der Waals surface area (Å²) in [5.41, 5.74) is 8.83. The lowest BCUT2D eigenvalue weighted by Gasteiger charge is -1.97. The fraction of sp³-hybridized carbons (Fsp3) is 0.200. The van der Waals surface area contributed by atoms with Gasteiger partial charge in [-0.2, -0.15) is 5.10 Å². The molecule has 1 unspecified atom stereocenters. The van der Waals surface area contributed by atoms with E-state index in [-0.39, 0.29) is 6.04 Å². The van der Waals surface area contributed by atoms with E-state index in [1.54, 1.807) is 0 Å². The summed E-state index contributed by atoms with van der Waals surface area (Å²) >= 11 is 0. The van der Waals surface area contributed by atoms with Gasteiger partial charge in [0.2, 0.25) is 0 Å². The van der Waals surface area contributed by atoms with Crippen LogP contribution in [0.15, 0.2) is 29.4 Å². The van der Waals surface area contributed by atoms with Crippen molar-refractivity contribution in [3.63, 3.8) is 0 Å². The highest BCUT2D eigenvalue weighted by Gasteiger charge is 2.24. The van der Waals surface area contributed by atoms with Crippen LogP contribution in [0, 0.1) is 0 Å². The maximum Gasteiger partial charge on any atom is 0.153 e. The van der Waals surface area contributed by atoms with Crippen LogP contribution in [0.25, 0.3) is 11.0 Å². The molecule has 1 aromatic carbocycles. The van der Waals surface area contributed by atoms with Crippen molar-refractivity contribution < 1.29 is 0 Å². The third kappa shape index (κ3) is 0.807. The zero-order valence-corrected chi connectivity index (χ0v) is 7.81. The molecule has 0 spiro atoms. The van der Waals surface area contributed by atoms with Gasteiger partial charge in [-0.25, -0.2) is 9.66 Å². The molecule has 0 radical (unpaired) electrons. The smallest absolute Gasteiger partial charge is 0.153 e. The molecule has 0 saturated carbocycles. The summed E-state index contributed by atoms with van der Waals surface area (Å²) in [7, 11) is 0. The predicted octanol–water partition coefficient (Wildman–Crippen LogP) is 1.27. The number of imidazole rings is 1. The molecule has 1 aliphatic rings. The van der Waals surface area contributed by atoms with Crippen LogP contribution in [0.2, 0.25) is 0 Å². The molecule has 1 atom stereocenters. The van der Waals surface area contributed by atoms with Gasteiger partial charge in [-0.3, -0.25) is 0 Å². The van der Waals surface area contributed by atoms with Gasteiger partial charge in [0, 0.05) is 0 Å². The Labute approximate surface area is 81.0 Å². The number of fused-ring (bicyclic) bond motifs is 3. The van der Waals surface area contributed by atoms with Crippen LogP contribution in [0.5, 0.6) is 0 Å². The van der Waals surface area contributed by atoms with Crippen molar-refractivity contribution in [3.8, 4) is 0 Å². The molecule has 3 rings (SSSR count). The lowest BCUT2D eigenvalue weighted by Crippen LogP contribution is -2.15. The number of aromatic nitrogens is 2. The van der Waals surface area contributed by atoms with Gasteiger partial charge >= 0.3 is 0 Å². The summed E-state index contributed by atoms with van der Waals surface area (Å²) in [6.07, 6.45) is 0. The van der Waals surface area contributed by atoms with E-state index in [9.17, 15) is 0 Å². The Hall–Kier alpha value is -1.68. The van der Waals surface area contributed by atoms with E-state index in [1.165, 1.54) is 0 Å². The molecule has 1 aliphatic heterocycles. The second-order valence-electron chi connectivity index (χ2n) is 3.49. The van der Waals surface area contributed by atoms with Crippen molar-refractivity contribution in [3.05, 3.63) is 30.1 Å². The Morgan fingerprint density at radius 2 is 2.14 bits per heavy atom. The van der Waals surface area contributed by atoms with Crippen molar-refractivity contribution in [2.75, 3.05) is 0 Å². The van der Waals surface area contributed by atoms with E-state index in [0.29, 0.717) is 0 Å². The number of nitrogens with zero attached hydrogens (tertiary/aromatic N) is 3. The first-order valence-electron chi connectivity index (χ1n) is 4.56. The molecule has 0 amide bonds. The first-order valence-corrected chi connectivity index (χ1v) is 4.56. The third-order valence-corrected chi connectivity index (χ3v) is 2.55. The van der Waals surface area contributed by atoms with Gasteiger partial charge in [0.05, 0.1) is 16.7 Å². The molecule has 0 fully saturated rings. The average Bonchev–Trinajstić information content (AvgIpc) is 2.67. The fourth-order valence-corrected chi connectivity index (χ4v) is 1.75. The summed E-state index contributed by atoms with van der Waals surface area (Å²) in [5.74, 6) is 0.837. The van der Waals surface area contributed by atoms with Gasteiger partial charge in [-0.05, 0) is 19.1 Å². The molecular formula is C10H10N4. The van der Waals surface area contributed by atoms with E-state index in [4.69, 9.17) is 5.73 Å². The lowest BCUT2D eigenvalue weighted by atomic mass is 10.2. The van der Waals surface area contributed by atoms with E-state index in [1.807, 2.05) is 35.9 Å². The largest absolute Gasteiger partial charge is 0.317 e. The van der Waals surface area contributed by atoms with Crippen LogP contribution < -0.4 is 5.73 Å². The molecular weight excluding hydrogens is 176 g/mol. The number of benzene rings is 1. The predicted molar refractivity (Wildman–Crippen MR) is 55.2 cm³/mol. The minimum atomic E-state index is -0.151. The Morgan fingerprint density at radius 3 is 3.00 bits per heavy atom. The standard InChI is InChI=1S/C10H10N4/c1-6-9(11)10-12-7-4-2-3-5-8(7)14(10)13-6/h2-5,9H,11H2,1H3. The maximum atomic E-state index is 5.94. The zero-order chi connectivity index (χ0) is 9.71. The second-order valence-corrected chi connectivity index (χ2v) is 3.49. The van der Waals surface area contributed by atoms with Crippen molar-refractivity contribution in [1.82, 2.24) is 9.66 Å². The van der Waals surface area contributed by atoms with Gasteiger partial charge in [0.25, 0.3) is 0 Å². The second kappa shape index (κ2) is 2.42. The minimum Gasteiger partial charge on any atom is -0.317 e. The number of hydrogen-bond acceptors (Lipinski definition) is 3. The highest BCUT2D eigenvalue weighted by atomic mass is 15.4. The lowest BCUT2D eigenvalue weighted by molar-refractivity contribution is 0.823. The molecule has 2 N–H and O–H groups in total. The Balaban J connectivity index is 2.40. The molecule has 2 heterocycles. The molecule has 0 aliphatic carbocycles. The van der Waals surface area contributed by atoms with E-state index in [0.717, 1.165) is 22.6 Å². The van der Waals surface area contributed by atoms with E-state index < -0.39 is 0 Å². The number of para-hydroxylation sites is 2. The molecule has 1 aromatic heterocycles. The van der Waals surface area contributed by atoms with Crippen LogP contribution in [0.1, 0.15) is 18.8 Å². The van der Waals surface area contributed by atoms with Crippen LogP contribution in [0.4, 0.5) is 0 Å². The molecule has 14 heavy (non-hydrogen) atoms. The summed E-state index contributed by atoms with van der Waals surface area (Å²) in [6.45, 7) is 1.92. The summed E-state index contributed by atoms with van der Waals surface area (Å²) in [5, 5.41) is 4.37.